The van der Waals surface area contributed by atoms with Crippen molar-refractivity contribution in [2.45, 2.75) is 37.0 Å². The highest BCUT2D eigenvalue weighted by Crippen LogP contribution is 2.34. The van der Waals surface area contributed by atoms with E-state index < -0.39 is 0 Å². The highest BCUT2D eigenvalue weighted by molar-refractivity contribution is 7.98. The second-order valence-corrected chi connectivity index (χ2v) is 7.72. The van der Waals surface area contributed by atoms with Crippen LogP contribution < -0.4 is 0 Å². The monoisotopic (exact) mass is 366 g/mol. The van der Waals surface area contributed by atoms with Crippen LogP contribution in [0.2, 0.25) is 0 Å². The Labute approximate surface area is 157 Å². The molecule has 0 bridgehead atoms. The van der Waals surface area contributed by atoms with Crippen LogP contribution in [0.1, 0.15) is 30.8 Å². The Morgan fingerprint density at radius 2 is 1.85 bits per heavy atom. The first-order valence-corrected chi connectivity index (χ1v) is 10.2. The quantitative estimate of drug-likeness (QED) is 0.623. The molecule has 2 atom stereocenters. The van der Waals surface area contributed by atoms with Crippen LogP contribution >= 0.6 is 11.8 Å². The third-order valence-electron chi connectivity index (χ3n) is 5.03. The van der Waals surface area contributed by atoms with Gasteiger partial charge in [-0.2, -0.15) is 5.10 Å². The van der Waals surface area contributed by atoms with Crippen molar-refractivity contribution >= 4 is 11.8 Å². The molecule has 134 valence electrons. The first-order valence-electron chi connectivity index (χ1n) is 8.95. The molecular weight excluding hydrogens is 344 g/mol. The van der Waals surface area contributed by atoms with Crippen molar-refractivity contribution in [3.8, 4) is 5.69 Å². The van der Waals surface area contributed by atoms with E-state index in [1.807, 2.05) is 24.8 Å². The zero-order valence-electron chi connectivity index (χ0n) is 14.8. The van der Waals surface area contributed by atoms with Crippen LogP contribution in [-0.4, -0.2) is 36.0 Å². The van der Waals surface area contributed by atoms with Gasteiger partial charge in [-0.3, -0.25) is 4.98 Å². The van der Waals surface area contributed by atoms with Gasteiger partial charge in [0.25, 0.3) is 0 Å². The van der Waals surface area contributed by atoms with Gasteiger partial charge in [-0.15, -0.1) is 11.8 Å². The van der Waals surface area contributed by atoms with Gasteiger partial charge in [0.2, 0.25) is 0 Å². The maximum Gasteiger partial charge on any atom is 0.138 e. The van der Waals surface area contributed by atoms with E-state index in [1.165, 1.54) is 25.6 Å². The van der Waals surface area contributed by atoms with Crippen LogP contribution in [0.4, 0.5) is 0 Å². The lowest BCUT2D eigenvalue weighted by molar-refractivity contribution is 0.476. The van der Waals surface area contributed by atoms with Gasteiger partial charge in [0.1, 0.15) is 18.5 Å². The number of hydrogen-bond acceptors (Lipinski definition) is 6. The summed E-state index contributed by atoms with van der Waals surface area (Å²) in [6.07, 6.45) is 16.8. The van der Waals surface area contributed by atoms with Crippen LogP contribution in [0.3, 0.4) is 0 Å². The molecule has 0 aliphatic heterocycles. The Bertz CT molecular complexity index is 816. The molecule has 6 nitrogen and oxygen atoms in total. The lowest BCUT2D eigenvalue weighted by atomic mass is 9.97. The zero-order chi connectivity index (χ0) is 17.8. The summed E-state index contributed by atoms with van der Waals surface area (Å²) in [5.41, 5.74) is 2.10. The van der Waals surface area contributed by atoms with E-state index in [9.17, 15) is 0 Å². The number of thioether (sulfide) groups is 1. The van der Waals surface area contributed by atoms with Crippen molar-refractivity contribution in [2.75, 3.05) is 6.26 Å². The highest BCUT2D eigenvalue weighted by Gasteiger charge is 2.26. The van der Waals surface area contributed by atoms with Gasteiger partial charge in [0, 0.05) is 29.4 Å². The third-order valence-corrected chi connectivity index (χ3v) is 5.71. The average Bonchev–Trinajstić information content (AvgIpc) is 3.35. The van der Waals surface area contributed by atoms with E-state index in [0.717, 1.165) is 34.9 Å². The molecular formula is C19H22N6S. The van der Waals surface area contributed by atoms with Crippen LogP contribution in [0.25, 0.3) is 5.69 Å². The third kappa shape index (κ3) is 4.09. The van der Waals surface area contributed by atoms with Gasteiger partial charge in [-0.1, -0.05) is 0 Å². The van der Waals surface area contributed by atoms with Gasteiger partial charge >= 0.3 is 0 Å². The molecule has 0 aromatic carbocycles. The van der Waals surface area contributed by atoms with E-state index in [2.05, 4.69) is 37.2 Å². The fourth-order valence-corrected chi connectivity index (χ4v) is 3.99. The fraction of sp³-hybridized carbons (Fsp3) is 0.421. The number of nitrogens with zero attached hydrogens (tertiary/aromatic N) is 6. The number of aromatic nitrogens is 6. The van der Waals surface area contributed by atoms with E-state index in [1.54, 1.807) is 22.8 Å². The Hall–Kier alpha value is -2.28. The van der Waals surface area contributed by atoms with Crippen molar-refractivity contribution in [1.29, 1.82) is 0 Å². The van der Waals surface area contributed by atoms with Gasteiger partial charge in [0.05, 0.1) is 11.9 Å². The minimum atomic E-state index is 0.689. The summed E-state index contributed by atoms with van der Waals surface area (Å²) < 4.78 is 1.73. The maximum absolute atomic E-state index is 4.61. The maximum atomic E-state index is 4.61. The van der Waals surface area contributed by atoms with Crippen LogP contribution in [-0.2, 0) is 12.8 Å². The molecule has 4 rings (SSSR count). The Balaban J connectivity index is 1.31. The predicted octanol–water partition coefficient (Wildman–Crippen LogP) is 3.38. The zero-order valence-corrected chi connectivity index (χ0v) is 15.6. The molecule has 0 spiro atoms. The van der Waals surface area contributed by atoms with Gasteiger partial charge in [-0.25, -0.2) is 19.6 Å². The van der Waals surface area contributed by atoms with Crippen molar-refractivity contribution in [2.24, 2.45) is 11.8 Å². The average molecular weight is 366 g/mol. The predicted molar refractivity (Wildman–Crippen MR) is 101 cm³/mol. The number of rotatable bonds is 6. The molecule has 1 aliphatic rings. The molecule has 3 heterocycles. The van der Waals surface area contributed by atoms with E-state index >= 15 is 0 Å². The topological polar surface area (TPSA) is 69.4 Å². The molecule has 1 aliphatic carbocycles. The summed E-state index contributed by atoms with van der Waals surface area (Å²) in [6.45, 7) is 0. The van der Waals surface area contributed by atoms with E-state index in [0.29, 0.717) is 11.8 Å². The second-order valence-electron chi connectivity index (χ2n) is 6.84. The summed E-state index contributed by atoms with van der Waals surface area (Å²) in [7, 11) is 0. The number of hydrogen-bond donors (Lipinski definition) is 0. The van der Waals surface area contributed by atoms with Crippen molar-refractivity contribution in [3.63, 3.8) is 0 Å². The van der Waals surface area contributed by atoms with Gasteiger partial charge < -0.3 is 0 Å². The minimum absolute atomic E-state index is 0.689. The largest absolute Gasteiger partial charge is 0.259 e. The smallest absolute Gasteiger partial charge is 0.138 e. The van der Waals surface area contributed by atoms with Crippen LogP contribution in [0, 0.1) is 11.8 Å². The van der Waals surface area contributed by atoms with Crippen molar-refractivity contribution in [3.05, 3.63) is 54.9 Å². The molecule has 3 aromatic rings. The molecule has 0 amide bonds. The first-order chi connectivity index (χ1) is 12.8. The van der Waals surface area contributed by atoms with E-state index in [4.69, 9.17) is 0 Å². The summed E-state index contributed by atoms with van der Waals surface area (Å²) in [4.78, 5) is 18.7. The second kappa shape index (κ2) is 7.95. The molecule has 7 heteroatoms. The number of pyridine rings is 1. The van der Waals surface area contributed by atoms with E-state index in [-0.39, 0.29) is 0 Å². The lowest BCUT2D eigenvalue weighted by Gasteiger charge is -2.11. The Kier molecular flexibility index (Phi) is 5.24. The minimum Gasteiger partial charge on any atom is -0.259 e. The summed E-state index contributed by atoms with van der Waals surface area (Å²) in [5, 5.41) is 4.13. The molecule has 0 radical (unpaired) electrons. The van der Waals surface area contributed by atoms with Crippen molar-refractivity contribution in [1.82, 2.24) is 29.7 Å². The fourth-order valence-electron chi connectivity index (χ4n) is 3.67. The van der Waals surface area contributed by atoms with Crippen LogP contribution in [0.5, 0.6) is 0 Å². The summed E-state index contributed by atoms with van der Waals surface area (Å²) in [5.74, 6) is 2.37. The molecule has 0 saturated heterocycles. The normalized spacial score (nSPS) is 19.7. The molecule has 1 fully saturated rings. The summed E-state index contributed by atoms with van der Waals surface area (Å²) >= 11 is 1.68. The van der Waals surface area contributed by atoms with Gasteiger partial charge in [0.15, 0.2) is 0 Å². The Morgan fingerprint density at radius 3 is 2.50 bits per heavy atom. The molecule has 0 N–H and O–H groups in total. The first kappa shape index (κ1) is 17.1. The van der Waals surface area contributed by atoms with Crippen molar-refractivity contribution < 1.29 is 0 Å². The molecule has 3 aromatic heterocycles. The molecule has 1 saturated carbocycles. The van der Waals surface area contributed by atoms with Crippen LogP contribution in [0.15, 0.2) is 48.3 Å². The van der Waals surface area contributed by atoms with Gasteiger partial charge in [-0.05, 0) is 55.9 Å². The summed E-state index contributed by atoms with van der Waals surface area (Å²) in [6, 6.07) is 4.17. The highest BCUT2D eigenvalue weighted by atomic mass is 32.2. The molecule has 0 unspecified atom stereocenters. The Morgan fingerprint density at radius 1 is 1.04 bits per heavy atom. The molecule has 26 heavy (non-hydrogen) atoms. The SMILES string of the molecule is CSc1cnc(C[C@H]2CC[C@H](Cc3ccc(-n4cncn4)cn3)C2)nc1. The standard InChI is InChI=1S/C19H22N6S/c1-26-18-10-22-19(23-11-18)8-15-3-2-14(6-15)7-16-4-5-17(9-21-16)25-13-20-12-24-25/h4-5,9-15H,2-3,6-8H2,1H3/t14-,15-/m0/s1. The lowest BCUT2D eigenvalue weighted by Crippen LogP contribution is -2.06.